The first-order valence-corrected chi connectivity index (χ1v) is 10.8. The molecule has 0 bridgehead atoms. The monoisotopic (exact) mass is 446 g/mol. The van der Waals surface area contributed by atoms with Gasteiger partial charge in [0.1, 0.15) is 17.0 Å². The van der Waals surface area contributed by atoms with E-state index in [2.05, 4.69) is 15.4 Å². The van der Waals surface area contributed by atoms with E-state index in [4.69, 9.17) is 4.98 Å². The van der Waals surface area contributed by atoms with Crippen molar-refractivity contribution < 1.29 is 9.18 Å². The van der Waals surface area contributed by atoms with Crippen LogP contribution in [0.4, 0.5) is 9.18 Å². The number of aromatic nitrogens is 4. The Bertz CT molecular complexity index is 1360. The van der Waals surface area contributed by atoms with Crippen LogP contribution in [-0.2, 0) is 6.42 Å². The molecule has 4 aromatic rings. The summed E-state index contributed by atoms with van der Waals surface area (Å²) in [6, 6.07) is 15.6. The zero-order valence-electron chi connectivity index (χ0n) is 18.1. The van der Waals surface area contributed by atoms with Gasteiger partial charge in [-0.05, 0) is 43.2 Å². The van der Waals surface area contributed by atoms with Gasteiger partial charge in [0.25, 0.3) is 5.56 Å². The van der Waals surface area contributed by atoms with Gasteiger partial charge in [0.2, 0.25) is 0 Å². The highest BCUT2D eigenvalue weighted by atomic mass is 19.1. The van der Waals surface area contributed by atoms with Crippen LogP contribution in [-0.4, -0.2) is 50.3 Å². The molecule has 3 heterocycles. The molecule has 1 aliphatic rings. The third-order valence-electron chi connectivity index (χ3n) is 5.89. The van der Waals surface area contributed by atoms with Crippen LogP contribution in [0.15, 0.2) is 59.4 Å². The molecule has 0 atom stereocenters. The molecular weight excluding hydrogens is 423 g/mol. The number of hydrogen-bond donors (Lipinski definition) is 2. The third kappa shape index (κ3) is 4.09. The predicted octanol–water partition coefficient (Wildman–Crippen LogP) is 2.91. The fraction of sp³-hybridized carbons (Fsp3) is 0.250. The lowest BCUT2D eigenvalue weighted by molar-refractivity contribution is 0.148. The van der Waals surface area contributed by atoms with E-state index in [0.717, 1.165) is 11.3 Å². The number of benzene rings is 2. The average Bonchev–Trinajstić information content (AvgIpc) is 3.11. The molecule has 8 nitrogen and oxygen atoms in total. The highest BCUT2D eigenvalue weighted by Crippen LogP contribution is 2.26. The molecule has 33 heavy (non-hydrogen) atoms. The minimum Gasteiger partial charge on any atom is -0.338 e. The molecule has 0 saturated carbocycles. The van der Waals surface area contributed by atoms with Gasteiger partial charge in [-0.2, -0.15) is 5.10 Å². The van der Waals surface area contributed by atoms with Gasteiger partial charge in [0.05, 0.1) is 17.3 Å². The molecule has 1 aliphatic heterocycles. The van der Waals surface area contributed by atoms with E-state index in [0.29, 0.717) is 48.6 Å². The Morgan fingerprint density at radius 3 is 2.61 bits per heavy atom. The second kappa shape index (κ2) is 8.50. The Hall–Kier alpha value is -4.01. The number of rotatable bonds is 5. The Morgan fingerprint density at radius 2 is 1.88 bits per heavy atom. The average molecular weight is 446 g/mol. The zero-order chi connectivity index (χ0) is 22.9. The molecule has 0 aliphatic carbocycles. The Morgan fingerprint density at radius 1 is 1.15 bits per heavy atom. The van der Waals surface area contributed by atoms with Gasteiger partial charge in [-0.3, -0.25) is 4.79 Å². The number of halogens is 1. The van der Waals surface area contributed by atoms with Gasteiger partial charge in [-0.25, -0.2) is 18.9 Å². The number of urea groups is 1. The van der Waals surface area contributed by atoms with Gasteiger partial charge < -0.3 is 15.2 Å². The number of para-hydroxylation sites is 1. The summed E-state index contributed by atoms with van der Waals surface area (Å²) in [6.45, 7) is 3.19. The topological polar surface area (TPSA) is 95.9 Å². The van der Waals surface area contributed by atoms with Crippen LogP contribution in [0.2, 0.25) is 0 Å². The molecule has 1 fully saturated rings. The number of amides is 2. The van der Waals surface area contributed by atoms with Crippen molar-refractivity contribution in [1.82, 2.24) is 30.0 Å². The standard InChI is InChI=1S/C24H23FN6O2/c1-15-20-22(31(29-15)19-5-3-2-4-6-19)27-21(28-23(20)32)17-13-30(14-17)24(33)26-12-11-16-7-9-18(25)10-8-16/h2-10,17H,11-14H2,1H3,(H,26,33)(H,27,28,32). The molecule has 2 aromatic carbocycles. The first-order chi connectivity index (χ1) is 16.0. The van der Waals surface area contributed by atoms with E-state index >= 15 is 0 Å². The number of aromatic amines is 1. The molecular formula is C24H23FN6O2. The van der Waals surface area contributed by atoms with Crippen LogP contribution < -0.4 is 10.9 Å². The summed E-state index contributed by atoms with van der Waals surface area (Å²) in [6.07, 6.45) is 0.623. The number of H-pyrrole nitrogens is 1. The van der Waals surface area contributed by atoms with Gasteiger partial charge in [0.15, 0.2) is 5.65 Å². The van der Waals surface area contributed by atoms with Crippen molar-refractivity contribution in [3.63, 3.8) is 0 Å². The van der Waals surface area contributed by atoms with E-state index in [1.54, 1.807) is 28.6 Å². The van der Waals surface area contributed by atoms with Crippen molar-refractivity contribution in [2.45, 2.75) is 19.3 Å². The summed E-state index contributed by atoms with van der Waals surface area (Å²) in [4.78, 5) is 34.4. The third-order valence-corrected chi connectivity index (χ3v) is 5.89. The lowest BCUT2D eigenvalue weighted by Crippen LogP contribution is -2.53. The Balaban J connectivity index is 1.26. The molecule has 2 aromatic heterocycles. The van der Waals surface area contributed by atoms with Gasteiger partial charge in [-0.1, -0.05) is 30.3 Å². The Labute approximate surface area is 189 Å². The normalized spacial score (nSPS) is 13.8. The number of carbonyl (C=O) groups excluding carboxylic acids is 1. The van der Waals surface area contributed by atoms with E-state index in [-0.39, 0.29) is 23.3 Å². The summed E-state index contributed by atoms with van der Waals surface area (Å²) in [7, 11) is 0. The number of carbonyl (C=O) groups is 1. The molecule has 2 amide bonds. The second-order valence-corrected chi connectivity index (χ2v) is 8.19. The Kier molecular flexibility index (Phi) is 5.37. The lowest BCUT2D eigenvalue weighted by Gasteiger charge is -2.38. The van der Waals surface area contributed by atoms with Crippen LogP contribution in [0.5, 0.6) is 0 Å². The molecule has 0 radical (unpaired) electrons. The summed E-state index contributed by atoms with van der Waals surface area (Å²) >= 11 is 0. The van der Waals surface area contributed by atoms with Crippen molar-refractivity contribution in [3.05, 3.63) is 87.9 Å². The number of likely N-dealkylation sites (tertiary alicyclic amines) is 1. The second-order valence-electron chi connectivity index (χ2n) is 8.19. The lowest BCUT2D eigenvalue weighted by atomic mass is 9.99. The van der Waals surface area contributed by atoms with E-state index in [1.807, 2.05) is 30.3 Å². The fourth-order valence-electron chi connectivity index (χ4n) is 4.04. The smallest absolute Gasteiger partial charge is 0.317 e. The van der Waals surface area contributed by atoms with Crippen LogP contribution in [0.1, 0.15) is 23.0 Å². The van der Waals surface area contributed by atoms with E-state index in [1.165, 1.54) is 12.1 Å². The molecule has 5 rings (SSSR count). The summed E-state index contributed by atoms with van der Waals surface area (Å²) in [5.74, 6) is 0.227. The number of hydrogen-bond acceptors (Lipinski definition) is 4. The first kappa shape index (κ1) is 20.9. The van der Waals surface area contributed by atoms with Gasteiger partial charge in [-0.15, -0.1) is 0 Å². The van der Waals surface area contributed by atoms with E-state index < -0.39 is 0 Å². The number of nitrogens with one attached hydrogen (secondary N) is 2. The van der Waals surface area contributed by atoms with Gasteiger partial charge >= 0.3 is 6.03 Å². The van der Waals surface area contributed by atoms with Crippen LogP contribution in [0.25, 0.3) is 16.7 Å². The van der Waals surface area contributed by atoms with Crippen LogP contribution in [0.3, 0.4) is 0 Å². The zero-order valence-corrected chi connectivity index (χ0v) is 18.1. The van der Waals surface area contributed by atoms with Crippen molar-refractivity contribution in [3.8, 4) is 5.69 Å². The van der Waals surface area contributed by atoms with Crippen molar-refractivity contribution in [2.24, 2.45) is 0 Å². The predicted molar refractivity (Wildman–Crippen MR) is 122 cm³/mol. The maximum absolute atomic E-state index is 13.0. The fourth-order valence-corrected chi connectivity index (χ4v) is 4.04. The highest BCUT2D eigenvalue weighted by molar-refractivity contribution is 5.79. The van der Waals surface area contributed by atoms with Crippen LogP contribution >= 0.6 is 0 Å². The summed E-state index contributed by atoms with van der Waals surface area (Å²) in [5, 5.41) is 7.86. The molecule has 0 spiro atoms. The minimum absolute atomic E-state index is 0.0515. The molecule has 9 heteroatoms. The number of nitrogens with zero attached hydrogens (tertiary/aromatic N) is 4. The number of aryl methyl sites for hydroxylation is 1. The van der Waals surface area contributed by atoms with Crippen molar-refractivity contribution in [2.75, 3.05) is 19.6 Å². The number of fused-ring (bicyclic) bond motifs is 1. The quantitative estimate of drug-likeness (QED) is 0.493. The van der Waals surface area contributed by atoms with Crippen LogP contribution in [0, 0.1) is 12.7 Å². The van der Waals surface area contributed by atoms with Gasteiger partial charge in [0, 0.05) is 19.6 Å². The summed E-state index contributed by atoms with van der Waals surface area (Å²) in [5.41, 5.74) is 2.69. The highest BCUT2D eigenvalue weighted by Gasteiger charge is 2.34. The molecule has 168 valence electrons. The SMILES string of the molecule is Cc1nn(-c2ccccc2)c2nc(C3CN(C(=O)NCCc4ccc(F)cc4)C3)[nH]c(=O)c12. The summed E-state index contributed by atoms with van der Waals surface area (Å²) < 4.78 is 14.7. The largest absolute Gasteiger partial charge is 0.338 e. The first-order valence-electron chi connectivity index (χ1n) is 10.8. The molecule has 2 N–H and O–H groups in total. The van der Waals surface area contributed by atoms with E-state index in [9.17, 15) is 14.0 Å². The minimum atomic E-state index is -0.277. The van der Waals surface area contributed by atoms with Crippen molar-refractivity contribution >= 4 is 17.1 Å². The molecule has 0 unspecified atom stereocenters. The molecule has 1 saturated heterocycles. The maximum atomic E-state index is 13.0. The maximum Gasteiger partial charge on any atom is 0.317 e. The van der Waals surface area contributed by atoms with Crippen molar-refractivity contribution in [1.29, 1.82) is 0 Å².